The van der Waals surface area contributed by atoms with Crippen LogP contribution >= 0.6 is 0 Å². The summed E-state index contributed by atoms with van der Waals surface area (Å²) in [5.74, 6) is 0.815. The van der Waals surface area contributed by atoms with Gasteiger partial charge in [-0.3, -0.25) is 4.79 Å². The van der Waals surface area contributed by atoms with Crippen molar-refractivity contribution in [3.8, 4) is 5.75 Å². The number of benzene rings is 2. The van der Waals surface area contributed by atoms with E-state index in [1.807, 2.05) is 42.3 Å². The molecule has 2 aliphatic heterocycles. The van der Waals surface area contributed by atoms with Crippen LogP contribution in [-0.4, -0.2) is 42.6 Å². The fourth-order valence-electron chi connectivity index (χ4n) is 4.05. The Bertz CT molecular complexity index is 733. The molecular weight excluding hydrogens is 300 g/mol. The molecule has 0 spiro atoms. The molecule has 1 N–H and O–H groups in total. The third-order valence-corrected chi connectivity index (χ3v) is 5.47. The number of fused-ring (bicyclic) bond motifs is 3. The van der Waals surface area contributed by atoms with E-state index in [4.69, 9.17) is 4.74 Å². The van der Waals surface area contributed by atoms with E-state index < -0.39 is 0 Å². The highest BCUT2D eigenvalue weighted by molar-refractivity contribution is 5.84. The Morgan fingerprint density at radius 1 is 1.12 bits per heavy atom. The third-order valence-electron chi connectivity index (χ3n) is 5.47. The van der Waals surface area contributed by atoms with Crippen LogP contribution in [0.2, 0.25) is 0 Å². The highest BCUT2D eigenvalue weighted by Crippen LogP contribution is 2.29. The van der Waals surface area contributed by atoms with Crippen LogP contribution in [0.1, 0.15) is 25.7 Å². The second kappa shape index (κ2) is 6.44. The van der Waals surface area contributed by atoms with Gasteiger partial charge in [0.05, 0.1) is 0 Å². The molecule has 2 atom stereocenters. The molecule has 2 bridgehead atoms. The number of carbonyl (C=O) groups excluding carboxylic acids is 1. The van der Waals surface area contributed by atoms with Crippen LogP contribution in [-0.2, 0) is 4.79 Å². The van der Waals surface area contributed by atoms with Gasteiger partial charge < -0.3 is 15.0 Å². The van der Waals surface area contributed by atoms with E-state index >= 15 is 0 Å². The van der Waals surface area contributed by atoms with Crippen LogP contribution in [0.4, 0.5) is 0 Å². The van der Waals surface area contributed by atoms with Crippen molar-refractivity contribution < 1.29 is 9.53 Å². The minimum absolute atomic E-state index is 0.0643. The molecule has 126 valence electrons. The molecule has 0 aromatic heterocycles. The lowest BCUT2D eigenvalue weighted by Crippen LogP contribution is -2.49. The Morgan fingerprint density at radius 3 is 2.58 bits per heavy atom. The molecule has 2 heterocycles. The number of piperidine rings is 1. The summed E-state index contributed by atoms with van der Waals surface area (Å²) >= 11 is 0. The van der Waals surface area contributed by atoms with Crippen molar-refractivity contribution in [2.24, 2.45) is 0 Å². The smallest absolute Gasteiger partial charge is 0.260 e. The van der Waals surface area contributed by atoms with E-state index in [0.717, 1.165) is 24.0 Å². The Balaban J connectivity index is 1.36. The van der Waals surface area contributed by atoms with Crippen molar-refractivity contribution in [2.45, 2.75) is 43.8 Å². The fraction of sp³-hybridized carbons (Fsp3) is 0.450. The topological polar surface area (TPSA) is 41.6 Å². The highest BCUT2D eigenvalue weighted by atomic mass is 16.5. The monoisotopic (exact) mass is 324 g/mol. The van der Waals surface area contributed by atoms with Crippen LogP contribution in [0, 0.1) is 0 Å². The predicted octanol–water partition coefficient (Wildman–Crippen LogP) is 2.96. The Morgan fingerprint density at radius 2 is 1.83 bits per heavy atom. The molecule has 24 heavy (non-hydrogen) atoms. The van der Waals surface area contributed by atoms with Crippen molar-refractivity contribution in [3.63, 3.8) is 0 Å². The largest absolute Gasteiger partial charge is 0.484 e. The summed E-state index contributed by atoms with van der Waals surface area (Å²) < 4.78 is 5.75. The first-order valence-electron chi connectivity index (χ1n) is 8.82. The number of likely N-dealkylation sites (N-methyl/N-ethyl adjacent to an activating group) is 1. The molecule has 4 nitrogen and oxygen atoms in total. The maximum absolute atomic E-state index is 12.5. The van der Waals surface area contributed by atoms with Gasteiger partial charge in [-0.25, -0.2) is 0 Å². The van der Waals surface area contributed by atoms with Gasteiger partial charge in [-0.2, -0.15) is 0 Å². The highest BCUT2D eigenvalue weighted by Gasteiger charge is 2.36. The lowest BCUT2D eigenvalue weighted by Gasteiger charge is -2.35. The van der Waals surface area contributed by atoms with Gasteiger partial charge in [-0.1, -0.05) is 30.3 Å². The van der Waals surface area contributed by atoms with Gasteiger partial charge in [-0.15, -0.1) is 0 Å². The predicted molar refractivity (Wildman–Crippen MR) is 95.2 cm³/mol. The maximum Gasteiger partial charge on any atom is 0.260 e. The molecule has 0 aliphatic carbocycles. The third kappa shape index (κ3) is 3.11. The average Bonchev–Trinajstić information content (AvgIpc) is 2.96. The van der Waals surface area contributed by atoms with Crippen molar-refractivity contribution in [3.05, 3.63) is 42.5 Å². The first-order chi connectivity index (χ1) is 11.7. The first kappa shape index (κ1) is 15.5. The summed E-state index contributed by atoms with van der Waals surface area (Å²) in [6, 6.07) is 15.6. The summed E-state index contributed by atoms with van der Waals surface area (Å²) in [5, 5.41) is 5.93. The SMILES string of the molecule is CN(C(=O)COc1ccc2ccccc2c1)C1CC2CCC(C1)N2. The standard InChI is InChI=1S/C20H24N2O2/c1-22(18-11-16-7-8-17(12-18)21-16)20(23)13-24-19-9-6-14-4-2-3-5-15(14)10-19/h2-6,9-10,16-18,21H,7-8,11-13H2,1H3. The van der Waals surface area contributed by atoms with Crippen LogP contribution in [0.25, 0.3) is 10.8 Å². The van der Waals surface area contributed by atoms with E-state index in [0.29, 0.717) is 18.1 Å². The lowest BCUT2D eigenvalue weighted by molar-refractivity contribution is -0.134. The van der Waals surface area contributed by atoms with Crippen LogP contribution < -0.4 is 10.1 Å². The minimum atomic E-state index is 0.0643. The van der Waals surface area contributed by atoms with Gasteiger partial charge in [0.15, 0.2) is 6.61 Å². The Labute approximate surface area is 142 Å². The summed E-state index contributed by atoms with van der Waals surface area (Å²) in [6.07, 6.45) is 4.62. The molecule has 2 saturated heterocycles. The summed E-state index contributed by atoms with van der Waals surface area (Å²) in [4.78, 5) is 14.4. The Kier molecular flexibility index (Phi) is 4.15. The normalized spacial score (nSPS) is 25.6. The number of amides is 1. The summed E-state index contributed by atoms with van der Waals surface area (Å²) in [5.41, 5.74) is 0. The number of nitrogens with zero attached hydrogens (tertiary/aromatic N) is 1. The average molecular weight is 324 g/mol. The maximum atomic E-state index is 12.5. The number of ether oxygens (including phenoxy) is 1. The van der Waals surface area contributed by atoms with Gasteiger partial charge in [0.2, 0.25) is 0 Å². The van der Waals surface area contributed by atoms with E-state index in [2.05, 4.69) is 17.4 Å². The summed E-state index contributed by atoms with van der Waals surface area (Å²) in [7, 11) is 1.92. The van der Waals surface area contributed by atoms with Crippen molar-refractivity contribution in [1.82, 2.24) is 10.2 Å². The van der Waals surface area contributed by atoms with Crippen LogP contribution in [0.3, 0.4) is 0 Å². The van der Waals surface area contributed by atoms with E-state index in [-0.39, 0.29) is 12.5 Å². The fourth-order valence-corrected chi connectivity index (χ4v) is 4.05. The van der Waals surface area contributed by atoms with Crippen molar-refractivity contribution >= 4 is 16.7 Å². The molecule has 2 unspecified atom stereocenters. The van der Waals surface area contributed by atoms with Crippen LogP contribution in [0.15, 0.2) is 42.5 Å². The molecule has 4 rings (SSSR count). The zero-order chi connectivity index (χ0) is 16.5. The number of nitrogens with one attached hydrogen (secondary N) is 1. The number of rotatable bonds is 4. The zero-order valence-corrected chi connectivity index (χ0v) is 14.1. The van der Waals surface area contributed by atoms with Gasteiger partial charge in [0, 0.05) is 25.2 Å². The molecular formula is C20H24N2O2. The quantitative estimate of drug-likeness (QED) is 0.940. The lowest BCUT2D eigenvalue weighted by atomic mass is 9.98. The number of hydrogen-bond donors (Lipinski definition) is 1. The zero-order valence-electron chi connectivity index (χ0n) is 14.1. The molecule has 4 heteroatoms. The molecule has 1 amide bonds. The molecule has 0 saturated carbocycles. The first-order valence-corrected chi connectivity index (χ1v) is 8.82. The second-order valence-electron chi connectivity index (χ2n) is 7.07. The van der Waals surface area contributed by atoms with Gasteiger partial charge in [0.1, 0.15) is 5.75 Å². The summed E-state index contributed by atoms with van der Waals surface area (Å²) in [6.45, 7) is 0.105. The van der Waals surface area contributed by atoms with E-state index in [9.17, 15) is 4.79 Å². The number of carbonyl (C=O) groups is 1. The number of hydrogen-bond acceptors (Lipinski definition) is 3. The second-order valence-corrected chi connectivity index (χ2v) is 7.07. The van der Waals surface area contributed by atoms with Crippen LogP contribution in [0.5, 0.6) is 5.75 Å². The minimum Gasteiger partial charge on any atom is -0.484 e. The van der Waals surface area contributed by atoms with Gasteiger partial charge in [0.25, 0.3) is 5.91 Å². The molecule has 0 radical (unpaired) electrons. The van der Waals surface area contributed by atoms with E-state index in [1.54, 1.807) is 0 Å². The van der Waals surface area contributed by atoms with Crippen molar-refractivity contribution in [1.29, 1.82) is 0 Å². The molecule has 2 aromatic rings. The van der Waals surface area contributed by atoms with Gasteiger partial charge in [-0.05, 0) is 48.6 Å². The Hall–Kier alpha value is -2.07. The molecule has 2 aliphatic rings. The molecule has 2 aromatic carbocycles. The van der Waals surface area contributed by atoms with Gasteiger partial charge >= 0.3 is 0 Å². The van der Waals surface area contributed by atoms with E-state index in [1.165, 1.54) is 18.2 Å². The molecule has 2 fully saturated rings. The van der Waals surface area contributed by atoms with Crippen molar-refractivity contribution in [2.75, 3.05) is 13.7 Å².